The quantitative estimate of drug-likeness (QED) is 0.0923. The van der Waals surface area contributed by atoms with Gasteiger partial charge in [0.1, 0.15) is 12.2 Å². The fraction of sp³-hybridized carbons (Fsp3) is 0.538. The van der Waals surface area contributed by atoms with Crippen molar-refractivity contribution in [3.05, 3.63) is 24.2 Å². The Balaban J connectivity index is 3.62. The summed E-state index contributed by atoms with van der Waals surface area (Å²) in [6.45, 7) is 3.68. The number of rotatable bonds is 7. The average Bonchev–Trinajstić information content (AvgIpc) is 2.53. The molecule has 0 radical (unpaired) electrons. The lowest BCUT2D eigenvalue weighted by Crippen LogP contribution is -2.70. The summed E-state index contributed by atoms with van der Waals surface area (Å²) in [5.74, 6) is -1.21. The van der Waals surface area contributed by atoms with E-state index in [0.717, 1.165) is 19.1 Å². The van der Waals surface area contributed by atoms with Gasteiger partial charge >= 0.3 is 7.60 Å². The summed E-state index contributed by atoms with van der Waals surface area (Å²) < 4.78 is 17.0. The third-order valence-corrected chi connectivity index (χ3v) is 4.56. The molecule has 1 aliphatic heterocycles. The van der Waals surface area contributed by atoms with Gasteiger partial charge in [-0.05, 0) is 12.2 Å². The van der Waals surface area contributed by atoms with Crippen molar-refractivity contribution in [1.82, 2.24) is 10.6 Å². The molecule has 1 heterocycles. The number of ether oxygens (including phenoxy) is 1. The van der Waals surface area contributed by atoms with Crippen LogP contribution in [0.1, 0.15) is 6.92 Å². The largest absolute Gasteiger partial charge is 0.470 e. The molecule has 0 aromatic heterocycles. The second kappa shape index (κ2) is 8.16. The Morgan fingerprint density at radius 2 is 2.12 bits per heavy atom. The first kappa shape index (κ1) is 22.1. The van der Waals surface area contributed by atoms with Crippen molar-refractivity contribution >= 4 is 19.5 Å². The van der Waals surface area contributed by atoms with Crippen LogP contribution in [0.5, 0.6) is 0 Å². The van der Waals surface area contributed by atoms with Crippen molar-refractivity contribution in [2.24, 2.45) is 5.73 Å². The smallest absolute Gasteiger partial charge is 0.390 e. The van der Waals surface area contributed by atoms with E-state index in [2.05, 4.69) is 17.2 Å². The SMILES string of the molecule is C=C[C@@]1([C@H](O)[C@H](O)CO)OC(P(=O)(O)O)=C[C@H](NC(=N)N)[C@H]1NC(C)=O. The van der Waals surface area contributed by atoms with Crippen molar-refractivity contribution < 1.29 is 39.2 Å². The Labute approximate surface area is 149 Å². The van der Waals surface area contributed by atoms with Crippen molar-refractivity contribution in [3.63, 3.8) is 0 Å². The van der Waals surface area contributed by atoms with Crippen molar-refractivity contribution in [2.45, 2.75) is 36.8 Å². The molecule has 0 aliphatic carbocycles. The maximum Gasteiger partial charge on any atom is 0.390 e. The molecular weight excluding hydrogens is 371 g/mol. The second-order valence-corrected chi connectivity index (χ2v) is 7.19. The van der Waals surface area contributed by atoms with Crippen LogP contribution in [-0.2, 0) is 14.1 Å². The number of nitrogens with one attached hydrogen (secondary N) is 3. The first-order valence-electron chi connectivity index (χ1n) is 7.34. The van der Waals surface area contributed by atoms with Crippen LogP contribution in [0.15, 0.2) is 24.2 Å². The highest BCUT2D eigenvalue weighted by Gasteiger charge is 2.55. The average molecular weight is 394 g/mol. The summed E-state index contributed by atoms with van der Waals surface area (Å²) in [5.41, 5.74) is 2.23. The summed E-state index contributed by atoms with van der Waals surface area (Å²) in [7, 11) is -4.98. The fourth-order valence-electron chi connectivity index (χ4n) is 2.63. The third-order valence-electron chi connectivity index (χ3n) is 3.75. The van der Waals surface area contributed by atoms with Gasteiger partial charge in [-0.2, -0.15) is 0 Å². The number of carbonyl (C=O) groups excluding carboxylic acids is 1. The number of aliphatic hydroxyl groups excluding tert-OH is 3. The second-order valence-electron chi connectivity index (χ2n) is 5.67. The van der Waals surface area contributed by atoms with E-state index in [1.165, 1.54) is 0 Å². The van der Waals surface area contributed by atoms with Crippen LogP contribution in [0.3, 0.4) is 0 Å². The first-order chi connectivity index (χ1) is 11.9. The molecule has 148 valence electrons. The Morgan fingerprint density at radius 1 is 1.54 bits per heavy atom. The highest BCUT2D eigenvalue weighted by atomic mass is 31.2. The maximum absolute atomic E-state index is 11.7. The zero-order chi connectivity index (χ0) is 20.3. The molecule has 1 aliphatic rings. The predicted molar refractivity (Wildman–Crippen MR) is 89.7 cm³/mol. The normalized spacial score (nSPS) is 28.2. The minimum absolute atomic E-state index is 0.594. The van der Waals surface area contributed by atoms with E-state index >= 15 is 0 Å². The molecule has 1 rings (SSSR count). The van der Waals surface area contributed by atoms with E-state index in [1.54, 1.807) is 0 Å². The monoisotopic (exact) mass is 394 g/mol. The molecular formula is C13H23N4O8P. The molecule has 1 amide bonds. The molecule has 10 N–H and O–H groups in total. The van der Waals surface area contributed by atoms with Crippen LogP contribution < -0.4 is 16.4 Å². The Bertz CT molecular complexity index is 650. The summed E-state index contributed by atoms with van der Waals surface area (Å²) >= 11 is 0. The predicted octanol–water partition coefficient (Wildman–Crippen LogP) is -2.97. The van der Waals surface area contributed by atoms with Gasteiger partial charge in [0.05, 0.1) is 18.7 Å². The van der Waals surface area contributed by atoms with E-state index in [0.29, 0.717) is 0 Å². The molecule has 0 saturated heterocycles. The van der Waals surface area contributed by atoms with Gasteiger partial charge in [0.25, 0.3) is 0 Å². The summed E-state index contributed by atoms with van der Waals surface area (Å²) in [5, 5.41) is 41.6. The number of nitrogens with two attached hydrogens (primary N) is 1. The first-order valence-corrected chi connectivity index (χ1v) is 8.95. The summed E-state index contributed by atoms with van der Waals surface area (Å²) in [6, 6.07) is -2.51. The highest BCUT2D eigenvalue weighted by molar-refractivity contribution is 7.56. The van der Waals surface area contributed by atoms with Gasteiger partial charge in [0.15, 0.2) is 11.6 Å². The molecule has 13 heteroatoms. The lowest BCUT2D eigenvalue weighted by molar-refractivity contribution is -0.146. The summed E-state index contributed by atoms with van der Waals surface area (Å²) in [6.07, 6.45) is -1.90. The zero-order valence-corrected chi connectivity index (χ0v) is 14.8. The molecule has 0 fully saturated rings. The Hall–Kier alpha value is -1.95. The number of hydrogen-bond acceptors (Lipinski definition) is 7. The van der Waals surface area contributed by atoms with Crippen molar-refractivity contribution in [3.8, 4) is 0 Å². The topological polar surface area (TPSA) is 218 Å². The van der Waals surface area contributed by atoms with Gasteiger partial charge in [-0.25, -0.2) is 0 Å². The number of aliphatic hydroxyl groups is 3. The van der Waals surface area contributed by atoms with Gasteiger partial charge in [-0.1, -0.05) is 6.58 Å². The standard InChI is InChI=1S/C13H23N4O8P/c1-3-13(11(21)8(20)5-18)10(16-6(2)19)7(17-12(14)15)4-9(25-13)26(22,23)24/h3-4,7-8,10-11,18,20-21H,1,5H2,2H3,(H,16,19)(H4,14,15,17)(H2,22,23,24)/t7-,8+,10+,11+,13+/m0/s1. The van der Waals surface area contributed by atoms with Crippen molar-refractivity contribution in [1.29, 1.82) is 5.41 Å². The fourth-order valence-corrected chi connectivity index (χ4v) is 3.26. The molecule has 0 aromatic rings. The molecule has 0 unspecified atom stereocenters. The van der Waals surface area contributed by atoms with Gasteiger partial charge in [-0.3, -0.25) is 14.8 Å². The van der Waals surface area contributed by atoms with Crippen LogP contribution in [-0.4, -0.2) is 73.5 Å². The van der Waals surface area contributed by atoms with Gasteiger partial charge in [0, 0.05) is 6.92 Å². The van der Waals surface area contributed by atoms with Gasteiger partial charge in [0.2, 0.25) is 11.4 Å². The van der Waals surface area contributed by atoms with E-state index in [1.807, 2.05) is 0 Å². The molecule has 0 aromatic carbocycles. The number of hydrogen-bond donors (Lipinski definition) is 9. The minimum atomic E-state index is -4.98. The summed E-state index contributed by atoms with van der Waals surface area (Å²) in [4.78, 5) is 30.5. The molecule has 0 spiro atoms. The number of amides is 1. The van der Waals surface area contributed by atoms with Crippen LogP contribution in [0.2, 0.25) is 0 Å². The highest BCUT2D eigenvalue weighted by Crippen LogP contribution is 2.51. The van der Waals surface area contributed by atoms with Crippen LogP contribution in [0.25, 0.3) is 0 Å². The molecule has 0 bridgehead atoms. The maximum atomic E-state index is 11.7. The number of guanidine groups is 1. The molecule has 26 heavy (non-hydrogen) atoms. The minimum Gasteiger partial charge on any atom is -0.470 e. The molecule has 5 atom stereocenters. The Morgan fingerprint density at radius 3 is 2.50 bits per heavy atom. The van der Waals surface area contributed by atoms with E-state index in [9.17, 15) is 29.4 Å². The zero-order valence-electron chi connectivity index (χ0n) is 13.9. The van der Waals surface area contributed by atoms with Gasteiger partial charge in [-0.15, -0.1) is 0 Å². The Kier molecular flexibility index (Phi) is 6.94. The lowest BCUT2D eigenvalue weighted by Gasteiger charge is -2.48. The molecule has 0 saturated carbocycles. The molecule has 12 nitrogen and oxygen atoms in total. The van der Waals surface area contributed by atoms with E-state index in [-0.39, 0.29) is 0 Å². The lowest BCUT2D eigenvalue weighted by atomic mass is 9.79. The van der Waals surface area contributed by atoms with E-state index < -0.39 is 61.5 Å². The van der Waals surface area contributed by atoms with Crippen LogP contribution >= 0.6 is 7.60 Å². The van der Waals surface area contributed by atoms with Crippen molar-refractivity contribution in [2.75, 3.05) is 6.61 Å². The third kappa shape index (κ3) is 4.61. The van der Waals surface area contributed by atoms with E-state index in [4.69, 9.17) is 21.0 Å². The van der Waals surface area contributed by atoms with Crippen LogP contribution in [0.4, 0.5) is 0 Å². The van der Waals surface area contributed by atoms with Crippen LogP contribution in [0, 0.1) is 5.41 Å². The van der Waals surface area contributed by atoms with Gasteiger partial charge < -0.3 is 46.2 Å². The number of carbonyl (C=O) groups is 1.